The molecule has 2 aromatic carbocycles. The van der Waals surface area contributed by atoms with Crippen LogP contribution < -0.4 is 21.3 Å². The number of amides is 1. The molecule has 9 nitrogen and oxygen atoms in total. The molecule has 1 aromatic heterocycles. The average molecular weight is 485 g/mol. The fourth-order valence-electron chi connectivity index (χ4n) is 4.05. The SMILES string of the molecule is CC[C@H]1CN(c2ccc(Nc3[nH]nc(NCc4ccc(O)cc4)c3C(N)=O)cc2Cl)C[C@@H](C)O1. The molecule has 0 aliphatic carbocycles. The van der Waals surface area contributed by atoms with Crippen LogP contribution in [0.15, 0.2) is 42.5 Å². The number of aromatic nitrogens is 2. The molecular weight excluding hydrogens is 456 g/mol. The van der Waals surface area contributed by atoms with Gasteiger partial charge in [-0.15, -0.1) is 0 Å². The van der Waals surface area contributed by atoms with Crippen molar-refractivity contribution in [2.75, 3.05) is 28.6 Å². The lowest BCUT2D eigenvalue weighted by Crippen LogP contribution is -2.46. The van der Waals surface area contributed by atoms with E-state index < -0.39 is 5.91 Å². The van der Waals surface area contributed by atoms with Gasteiger partial charge in [-0.1, -0.05) is 30.7 Å². The number of nitrogens with two attached hydrogens (primary N) is 1. The van der Waals surface area contributed by atoms with E-state index in [0.717, 1.165) is 30.8 Å². The first-order chi connectivity index (χ1) is 16.3. The number of nitrogens with zero attached hydrogens (tertiary/aromatic N) is 2. The number of hydrogen-bond acceptors (Lipinski definition) is 7. The first kappa shape index (κ1) is 23.7. The van der Waals surface area contributed by atoms with E-state index in [9.17, 15) is 9.90 Å². The Morgan fingerprint density at radius 2 is 2.06 bits per heavy atom. The summed E-state index contributed by atoms with van der Waals surface area (Å²) in [6.45, 7) is 6.14. The maximum absolute atomic E-state index is 12.2. The summed E-state index contributed by atoms with van der Waals surface area (Å²) in [5.41, 5.74) is 8.40. The summed E-state index contributed by atoms with van der Waals surface area (Å²) >= 11 is 6.63. The van der Waals surface area contributed by atoms with Gasteiger partial charge in [-0.25, -0.2) is 0 Å². The number of rotatable bonds is 8. The van der Waals surface area contributed by atoms with Crippen LogP contribution in [0.2, 0.25) is 5.02 Å². The number of aromatic hydroxyl groups is 1. The average Bonchev–Trinajstić information content (AvgIpc) is 3.21. The summed E-state index contributed by atoms with van der Waals surface area (Å²) in [5, 5.41) is 23.3. The third-order valence-electron chi connectivity index (χ3n) is 5.75. The Hall–Kier alpha value is -3.43. The van der Waals surface area contributed by atoms with E-state index in [1.165, 1.54) is 0 Å². The summed E-state index contributed by atoms with van der Waals surface area (Å²) in [4.78, 5) is 14.4. The van der Waals surface area contributed by atoms with Gasteiger partial charge >= 0.3 is 0 Å². The van der Waals surface area contributed by atoms with Crippen LogP contribution in [0.5, 0.6) is 5.75 Å². The molecule has 10 heteroatoms. The van der Waals surface area contributed by atoms with Gasteiger partial charge in [0.15, 0.2) is 5.82 Å². The number of carbonyl (C=O) groups is 1. The number of primary amides is 1. The van der Waals surface area contributed by atoms with Crippen molar-refractivity contribution >= 4 is 40.5 Å². The Bertz CT molecular complexity index is 1150. The molecule has 2 atom stereocenters. The minimum absolute atomic E-state index is 0.128. The summed E-state index contributed by atoms with van der Waals surface area (Å²) in [6.07, 6.45) is 1.24. The van der Waals surface area contributed by atoms with Gasteiger partial charge < -0.3 is 31.1 Å². The van der Waals surface area contributed by atoms with Gasteiger partial charge in [-0.2, -0.15) is 5.10 Å². The largest absolute Gasteiger partial charge is 0.508 e. The molecule has 0 bridgehead atoms. The number of H-pyrrole nitrogens is 1. The topological polar surface area (TPSA) is 129 Å². The number of phenols is 1. The summed E-state index contributed by atoms with van der Waals surface area (Å²) in [7, 11) is 0. The molecule has 0 spiro atoms. The molecule has 1 aliphatic rings. The van der Waals surface area contributed by atoms with E-state index >= 15 is 0 Å². The van der Waals surface area contributed by atoms with Crippen molar-refractivity contribution in [3.63, 3.8) is 0 Å². The van der Waals surface area contributed by atoms with E-state index in [2.05, 4.69) is 39.6 Å². The fraction of sp³-hybridized carbons (Fsp3) is 0.333. The first-order valence-corrected chi connectivity index (χ1v) is 11.6. The molecule has 4 rings (SSSR count). The van der Waals surface area contributed by atoms with Crippen molar-refractivity contribution < 1.29 is 14.6 Å². The zero-order valence-electron chi connectivity index (χ0n) is 19.1. The Kier molecular flexibility index (Phi) is 7.14. The highest BCUT2D eigenvalue weighted by atomic mass is 35.5. The van der Waals surface area contributed by atoms with Gasteiger partial charge in [0.05, 0.1) is 22.9 Å². The van der Waals surface area contributed by atoms with Crippen molar-refractivity contribution in [2.45, 2.75) is 39.0 Å². The molecule has 2 heterocycles. The number of morpholine rings is 1. The molecule has 0 saturated carbocycles. The van der Waals surface area contributed by atoms with Gasteiger partial charge in [0.25, 0.3) is 5.91 Å². The molecule has 1 saturated heterocycles. The van der Waals surface area contributed by atoms with Crippen LogP contribution in [-0.2, 0) is 11.3 Å². The zero-order valence-corrected chi connectivity index (χ0v) is 19.9. The standard InChI is InChI=1S/C24H29ClN6O3/c1-3-18-13-31(12-14(2)34-18)20-9-6-16(10-19(20)25)28-24-21(22(26)33)23(29-30-24)27-11-15-4-7-17(32)8-5-15/h4-10,14,18,32H,3,11-13H2,1-2H3,(H2,26,33)(H3,27,28,29,30)/t14-,18+/m1/s1. The lowest BCUT2D eigenvalue weighted by molar-refractivity contribution is -0.0172. The van der Waals surface area contributed by atoms with Crippen LogP contribution in [0.1, 0.15) is 36.2 Å². The van der Waals surface area contributed by atoms with Crippen molar-refractivity contribution in [3.05, 3.63) is 58.6 Å². The molecule has 1 amide bonds. The molecule has 3 aromatic rings. The molecule has 0 radical (unpaired) electrons. The molecule has 6 N–H and O–H groups in total. The third kappa shape index (κ3) is 5.37. The minimum atomic E-state index is -0.625. The number of benzene rings is 2. The van der Waals surface area contributed by atoms with Crippen molar-refractivity contribution in [3.8, 4) is 5.75 Å². The Morgan fingerprint density at radius 3 is 2.74 bits per heavy atom. The minimum Gasteiger partial charge on any atom is -0.508 e. The van der Waals surface area contributed by atoms with E-state index in [0.29, 0.717) is 28.9 Å². The number of halogens is 1. The number of nitrogens with one attached hydrogen (secondary N) is 3. The van der Waals surface area contributed by atoms with Crippen LogP contribution in [0.3, 0.4) is 0 Å². The molecule has 34 heavy (non-hydrogen) atoms. The first-order valence-electron chi connectivity index (χ1n) is 11.2. The summed E-state index contributed by atoms with van der Waals surface area (Å²) in [5.74, 6) is 0.264. The van der Waals surface area contributed by atoms with Crippen LogP contribution in [-0.4, -0.2) is 46.5 Å². The normalized spacial score (nSPS) is 18.0. The van der Waals surface area contributed by atoms with Crippen LogP contribution in [0.25, 0.3) is 0 Å². The second kappa shape index (κ2) is 10.2. The zero-order chi connectivity index (χ0) is 24.2. The number of anilines is 4. The third-order valence-corrected chi connectivity index (χ3v) is 6.05. The van der Waals surface area contributed by atoms with E-state index in [1.54, 1.807) is 24.3 Å². The highest BCUT2D eigenvalue weighted by Gasteiger charge is 2.26. The lowest BCUT2D eigenvalue weighted by atomic mass is 10.1. The van der Waals surface area contributed by atoms with Crippen LogP contribution >= 0.6 is 11.6 Å². The van der Waals surface area contributed by atoms with Crippen molar-refractivity contribution in [2.24, 2.45) is 5.73 Å². The lowest BCUT2D eigenvalue weighted by Gasteiger charge is -2.38. The van der Waals surface area contributed by atoms with Gasteiger partial charge in [0, 0.05) is 25.3 Å². The highest BCUT2D eigenvalue weighted by Crippen LogP contribution is 2.33. The van der Waals surface area contributed by atoms with Gasteiger partial charge in [-0.3, -0.25) is 9.89 Å². The smallest absolute Gasteiger partial charge is 0.256 e. The molecule has 1 aliphatic heterocycles. The maximum atomic E-state index is 12.2. The van der Waals surface area contributed by atoms with Crippen LogP contribution in [0, 0.1) is 0 Å². The second-order valence-electron chi connectivity index (χ2n) is 8.38. The van der Waals surface area contributed by atoms with Gasteiger partial charge in [0.2, 0.25) is 0 Å². The second-order valence-corrected chi connectivity index (χ2v) is 8.79. The highest BCUT2D eigenvalue weighted by molar-refractivity contribution is 6.33. The number of ether oxygens (including phenoxy) is 1. The quantitative estimate of drug-likeness (QED) is 0.323. The van der Waals surface area contributed by atoms with Crippen LogP contribution in [0.4, 0.5) is 23.0 Å². The monoisotopic (exact) mass is 484 g/mol. The number of hydrogen-bond donors (Lipinski definition) is 5. The number of carbonyl (C=O) groups excluding carboxylic acids is 1. The predicted octanol–water partition coefficient (Wildman–Crippen LogP) is 4.23. The maximum Gasteiger partial charge on any atom is 0.256 e. The predicted molar refractivity (Wildman–Crippen MR) is 134 cm³/mol. The van der Waals surface area contributed by atoms with E-state index in [1.807, 2.05) is 18.2 Å². The molecular formula is C24H29ClN6O3. The van der Waals surface area contributed by atoms with E-state index in [-0.39, 0.29) is 23.5 Å². The summed E-state index contributed by atoms with van der Waals surface area (Å²) < 4.78 is 5.95. The number of aromatic amines is 1. The Labute approximate surface area is 203 Å². The number of phenolic OH excluding ortho intramolecular Hbond substituents is 1. The molecule has 180 valence electrons. The Morgan fingerprint density at radius 1 is 1.29 bits per heavy atom. The van der Waals surface area contributed by atoms with Crippen molar-refractivity contribution in [1.29, 1.82) is 0 Å². The van der Waals surface area contributed by atoms with E-state index in [4.69, 9.17) is 22.1 Å². The molecule has 1 fully saturated rings. The van der Waals surface area contributed by atoms with Gasteiger partial charge in [0.1, 0.15) is 17.1 Å². The molecule has 0 unspecified atom stereocenters. The Balaban J connectivity index is 1.49. The fourth-order valence-corrected chi connectivity index (χ4v) is 4.35. The van der Waals surface area contributed by atoms with Gasteiger partial charge in [-0.05, 0) is 49.2 Å². The summed E-state index contributed by atoms with van der Waals surface area (Å²) in [6, 6.07) is 12.4. The van der Waals surface area contributed by atoms with Crippen molar-refractivity contribution in [1.82, 2.24) is 10.2 Å².